The molecule has 1 aromatic heterocycles. The second kappa shape index (κ2) is 11.6. The van der Waals surface area contributed by atoms with Gasteiger partial charge in [0.1, 0.15) is 0 Å². The molecule has 0 radical (unpaired) electrons. The van der Waals surface area contributed by atoms with E-state index in [-0.39, 0.29) is 11.7 Å². The lowest BCUT2D eigenvalue weighted by atomic mass is 9.88. The van der Waals surface area contributed by atoms with Gasteiger partial charge in [-0.1, -0.05) is 37.3 Å². The van der Waals surface area contributed by atoms with Crippen molar-refractivity contribution in [3.05, 3.63) is 59.8 Å². The lowest BCUT2D eigenvalue weighted by Crippen LogP contribution is -2.39. The summed E-state index contributed by atoms with van der Waals surface area (Å²) in [5, 5.41) is 13.7. The van der Waals surface area contributed by atoms with E-state index < -0.39 is 22.0 Å². The molecule has 1 unspecified atom stereocenters. The number of aliphatic hydroxyl groups is 1. The average Bonchev–Trinajstić information content (AvgIpc) is 3.32. The molecule has 1 aliphatic rings. The van der Waals surface area contributed by atoms with Gasteiger partial charge >= 0.3 is 0 Å². The second-order valence-corrected chi connectivity index (χ2v) is 11.6. The summed E-state index contributed by atoms with van der Waals surface area (Å²) in [6.07, 6.45) is 4.17. The standard InChI is InChI=1S/C27H36N4O4S/c1-2-22(32)17-29-11-6-14-36(34,35)31-12-9-20(10-13-31)25-18-30-26-23(25)15-21(16-24(26)27(28)33)19-7-4-3-5-8-19/h3-5,7-8,15-16,18,20,22,29-30,32H,2,6,9-14,17H2,1H3,(H2,28,33). The normalized spacial score (nSPS) is 16.4. The highest BCUT2D eigenvalue weighted by atomic mass is 32.2. The predicted octanol–water partition coefficient (Wildman–Crippen LogP) is 3.19. The van der Waals surface area contributed by atoms with E-state index in [1.165, 1.54) is 0 Å². The van der Waals surface area contributed by atoms with Crippen LogP contribution in [-0.4, -0.2) is 66.8 Å². The third-order valence-electron chi connectivity index (χ3n) is 7.09. The van der Waals surface area contributed by atoms with Gasteiger partial charge in [-0.25, -0.2) is 12.7 Å². The summed E-state index contributed by atoms with van der Waals surface area (Å²) in [5.74, 6) is -0.192. The Morgan fingerprint density at radius 1 is 1.19 bits per heavy atom. The van der Waals surface area contributed by atoms with Gasteiger partial charge in [0.05, 0.1) is 22.9 Å². The average molecular weight is 513 g/mol. The van der Waals surface area contributed by atoms with Crippen molar-refractivity contribution in [3.8, 4) is 11.1 Å². The molecule has 1 fully saturated rings. The Labute approximate surface area is 212 Å². The smallest absolute Gasteiger partial charge is 0.250 e. The van der Waals surface area contributed by atoms with E-state index in [1.807, 2.05) is 49.5 Å². The van der Waals surface area contributed by atoms with E-state index in [9.17, 15) is 18.3 Å². The monoisotopic (exact) mass is 512 g/mol. The van der Waals surface area contributed by atoms with E-state index >= 15 is 0 Å². The number of nitrogens with one attached hydrogen (secondary N) is 2. The fourth-order valence-electron chi connectivity index (χ4n) is 4.95. The number of aromatic amines is 1. The molecule has 1 atom stereocenters. The summed E-state index contributed by atoms with van der Waals surface area (Å²) < 4.78 is 27.3. The Kier molecular flexibility index (Phi) is 8.46. The van der Waals surface area contributed by atoms with Crippen molar-refractivity contribution < 1.29 is 18.3 Å². The first-order chi connectivity index (χ1) is 17.3. The second-order valence-electron chi connectivity index (χ2n) is 9.53. The van der Waals surface area contributed by atoms with E-state index in [0.717, 1.165) is 27.6 Å². The number of carbonyl (C=O) groups is 1. The van der Waals surface area contributed by atoms with Crippen LogP contribution < -0.4 is 11.1 Å². The van der Waals surface area contributed by atoms with Crippen molar-refractivity contribution in [2.45, 2.75) is 44.6 Å². The van der Waals surface area contributed by atoms with Crippen LogP contribution in [0.5, 0.6) is 0 Å². The van der Waals surface area contributed by atoms with Crippen LogP contribution in [0.3, 0.4) is 0 Å². The third kappa shape index (κ3) is 5.98. The van der Waals surface area contributed by atoms with Crippen LogP contribution in [-0.2, 0) is 10.0 Å². The molecule has 5 N–H and O–H groups in total. The first-order valence-electron chi connectivity index (χ1n) is 12.7. The van der Waals surface area contributed by atoms with Gasteiger partial charge in [0, 0.05) is 31.2 Å². The van der Waals surface area contributed by atoms with Crippen molar-refractivity contribution in [2.75, 3.05) is 31.9 Å². The largest absolute Gasteiger partial charge is 0.392 e. The number of aromatic nitrogens is 1. The third-order valence-corrected chi connectivity index (χ3v) is 9.04. The van der Waals surface area contributed by atoms with Crippen LogP contribution >= 0.6 is 0 Å². The SMILES string of the molecule is CCC(O)CNCCCS(=O)(=O)N1CCC(c2c[nH]c3c(C(N)=O)cc(-c4ccccc4)cc23)CC1. The Morgan fingerprint density at radius 2 is 1.92 bits per heavy atom. The number of hydrogen-bond donors (Lipinski definition) is 4. The topological polar surface area (TPSA) is 129 Å². The molecule has 2 aromatic carbocycles. The summed E-state index contributed by atoms with van der Waals surface area (Å²) in [6, 6.07) is 13.8. The molecule has 0 bridgehead atoms. The Hall–Kier alpha value is -2.72. The van der Waals surface area contributed by atoms with Crippen LogP contribution in [0.4, 0.5) is 0 Å². The number of fused-ring (bicyclic) bond motifs is 1. The van der Waals surface area contributed by atoms with E-state index in [0.29, 0.717) is 57.4 Å². The molecular formula is C27H36N4O4S. The summed E-state index contributed by atoms with van der Waals surface area (Å²) in [5.41, 5.74) is 9.93. The van der Waals surface area contributed by atoms with Crippen LogP contribution in [0.2, 0.25) is 0 Å². The molecule has 3 aromatic rings. The van der Waals surface area contributed by atoms with Crippen LogP contribution in [0, 0.1) is 0 Å². The number of hydrogen-bond acceptors (Lipinski definition) is 5. The predicted molar refractivity (Wildman–Crippen MR) is 143 cm³/mol. The van der Waals surface area contributed by atoms with Crippen LogP contribution in [0.1, 0.15) is 54.4 Å². The molecule has 0 spiro atoms. The number of amides is 1. The molecule has 1 amide bonds. The molecule has 1 aliphatic heterocycles. The number of carbonyl (C=O) groups excluding carboxylic acids is 1. The highest BCUT2D eigenvalue weighted by molar-refractivity contribution is 7.89. The minimum atomic E-state index is -3.32. The maximum Gasteiger partial charge on any atom is 0.250 e. The maximum absolute atomic E-state index is 12.9. The van der Waals surface area contributed by atoms with Crippen molar-refractivity contribution in [1.29, 1.82) is 0 Å². The first kappa shape index (κ1) is 26.3. The lowest BCUT2D eigenvalue weighted by molar-refractivity contribution is 0.100. The minimum Gasteiger partial charge on any atom is -0.392 e. The number of nitrogens with two attached hydrogens (primary N) is 1. The molecule has 194 valence electrons. The van der Waals surface area contributed by atoms with Crippen LogP contribution in [0.25, 0.3) is 22.0 Å². The fraction of sp³-hybridized carbons (Fsp3) is 0.444. The zero-order chi connectivity index (χ0) is 25.7. The molecular weight excluding hydrogens is 476 g/mol. The Balaban J connectivity index is 1.45. The molecule has 1 saturated heterocycles. The number of aliphatic hydroxyl groups excluding tert-OH is 1. The number of primary amides is 1. The van der Waals surface area contributed by atoms with Gasteiger partial charge in [0.15, 0.2) is 0 Å². The Morgan fingerprint density at radius 3 is 2.58 bits per heavy atom. The van der Waals surface area contributed by atoms with Crippen molar-refractivity contribution in [3.63, 3.8) is 0 Å². The van der Waals surface area contributed by atoms with Crippen molar-refractivity contribution in [1.82, 2.24) is 14.6 Å². The summed E-state index contributed by atoms with van der Waals surface area (Å²) in [4.78, 5) is 15.5. The van der Waals surface area contributed by atoms with E-state index in [4.69, 9.17) is 5.73 Å². The van der Waals surface area contributed by atoms with Gasteiger partial charge in [-0.05, 0) is 67.0 Å². The highest BCUT2D eigenvalue weighted by Gasteiger charge is 2.30. The number of H-pyrrole nitrogens is 1. The fourth-order valence-corrected chi connectivity index (χ4v) is 6.48. The number of benzene rings is 2. The molecule has 9 heteroatoms. The lowest BCUT2D eigenvalue weighted by Gasteiger charge is -2.31. The quantitative estimate of drug-likeness (QED) is 0.293. The van der Waals surface area contributed by atoms with Crippen molar-refractivity contribution in [2.24, 2.45) is 5.73 Å². The summed E-state index contributed by atoms with van der Waals surface area (Å²) in [6.45, 7) is 3.91. The van der Waals surface area contributed by atoms with Gasteiger partial charge in [0.25, 0.3) is 5.91 Å². The molecule has 2 heterocycles. The van der Waals surface area contributed by atoms with Crippen molar-refractivity contribution >= 4 is 26.8 Å². The van der Waals surface area contributed by atoms with Gasteiger partial charge in [-0.15, -0.1) is 0 Å². The highest BCUT2D eigenvalue weighted by Crippen LogP contribution is 2.37. The zero-order valence-electron chi connectivity index (χ0n) is 20.7. The number of piperidine rings is 1. The Bertz CT molecular complexity index is 1280. The van der Waals surface area contributed by atoms with Crippen LogP contribution in [0.15, 0.2) is 48.7 Å². The molecule has 4 rings (SSSR count). The van der Waals surface area contributed by atoms with Gasteiger partial charge in [0.2, 0.25) is 10.0 Å². The van der Waals surface area contributed by atoms with E-state index in [1.54, 1.807) is 4.31 Å². The van der Waals surface area contributed by atoms with E-state index in [2.05, 4.69) is 16.4 Å². The summed E-state index contributed by atoms with van der Waals surface area (Å²) >= 11 is 0. The summed E-state index contributed by atoms with van der Waals surface area (Å²) in [7, 11) is -3.32. The molecule has 0 saturated carbocycles. The number of rotatable bonds is 11. The number of nitrogens with zero attached hydrogens (tertiary/aromatic N) is 1. The number of sulfonamides is 1. The van der Waals surface area contributed by atoms with Gasteiger partial charge in [-0.3, -0.25) is 4.79 Å². The molecule has 8 nitrogen and oxygen atoms in total. The molecule has 0 aliphatic carbocycles. The minimum absolute atomic E-state index is 0.0996. The molecule has 36 heavy (non-hydrogen) atoms. The van der Waals surface area contributed by atoms with Gasteiger partial charge < -0.3 is 21.1 Å². The maximum atomic E-state index is 12.9. The van der Waals surface area contributed by atoms with Gasteiger partial charge in [-0.2, -0.15) is 0 Å². The first-order valence-corrected chi connectivity index (χ1v) is 14.3. The zero-order valence-corrected chi connectivity index (χ0v) is 21.6.